The van der Waals surface area contributed by atoms with Gasteiger partial charge < -0.3 is 5.32 Å². The lowest BCUT2D eigenvalue weighted by molar-refractivity contribution is 0.688. The molecule has 0 saturated carbocycles. The van der Waals surface area contributed by atoms with Crippen molar-refractivity contribution in [1.29, 1.82) is 0 Å². The van der Waals surface area contributed by atoms with E-state index in [1.165, 1.54) is 0 Å². The smallest absolute Gasteiger partial charge is 0.223 e. The highest BCUT2D eigenvalue weighted by molar-refractivity contribution is 6.20. The molecule has 15 heavy (non-hydrogen) atoms. The minimum atomic E-state index is 0.165. The normalized spacial score (nSPS) is 14.7. The molecule has 0 aliphatic carbocycles. The Morgan fingerprint density at radius 1 is 1.27 bits per heavy atom. The van der Waals surface area contributed by atoms with Crippen LogP contribution in [0.5, 0.6) is 0 Å². The number of nitrogens with zero attached hydrogens (tertiary/aromatic N) is 2. The Morgan fingerprint density at radius 2 is 1.80 bits per heavy atom. The van der Waals surface area contributed by atoms with Gasteiger partial charge in [0.25, 0.3) is 0 Å². The van der Waals surface area contributed by atoms with Crippen molar-refractivity contribution in [3.05, 3.63) is 17.5 Å². The van der Waals surface area contributed by atoms with Crippen molar-refractivity contribution in [3.63, 3.8) is 0 Å². The maximum atomic E-state index is 5.92. The van der Waals surface area contributed by atoms with E-state index in [0.29, 0.717) is 12.0 Å². The van der Waals surface area contributed by atoms with Gasteiger partial charge in [0, 0.05) is 22.8 Å². The first-order chi connectivity index (χ1) is 6.97. The summed E-state index contributed by atoms with van der Waals surface area (Å²) < 4.78 is 0. The Morgan fingerprint density at radius 3 is 2.27 bits per heavy atom. The summed E-state index contributed by atoms with van der Waals surface area (Å²) in [7, 11) is 0. The van der Waals surface area contributed by atoms with Gasteiger partial charge in [-0.3, -0.25) is 0 Å². The zero-order valence-corrected chi connectivity index (χ0v) is 10.5. The van der Waals surface area contributed by atoms with E-state index in [2.05, 4.69) is 22.2 Å². The third kappa shape index (κ3) is 4.47. The summed E-state index contributed by atoms with van der Waals surface area (Å²) in [6.07, 6.45) is 0.901. The lowest BCUT2D eigenvalue weighted by Gasteiger charge is -2.15. The maximum absolute atomic E-state index is 5.92. The molecule has 1 N–H and O–H groups in total. The number of hydrogen-bond donors (Lipinski definition) is 1. The lowest BCUT2D eigenvalue weighted by Crippen LogP contribution is -2.20. The number of nitrogens with one attached hydrogen (secondary N) is 1. The topological polar surface area (TPSA) is 37.8 Å². The fourth-order valence-corrected chi connectivity index (χ4v) is 1.82. The fraction of sp³-hybridized carbons (Fsp3) is 0.636. The molecule has 0 spiro atoms. The van der Waals surface area contributed by atoms with Crippen LogP contribution in [-0.2, 0) is 0 Å². The molecule has 0 radical (unpaired) electrons. The zero-order valence-electron chi connectivity index (χ0n) is 9.71. The van der Waals surface area contributed by atoms with Crippen LogP contribution in [0.2, 0.25) is 0 Å². The van der Waals surface area contributed by atoms with E-state index in [9.17, 15) is 0 Å². The molecule has 0 fully saturated rings. The summed E-state index contributed by atoms with van der Waals surface area (Å²) in [5, 5.41) is 3.41. The Balaban J connectivity index is 2.63. The third-order valence-electron chi connectivity index (χ3n) is 2.04. The lowest BCUT2D eigenvalue weighted by atomic mass is 10.2. The van der Waals surface area contributed by atoms with Gasteiger partial charge in [-0.1, -0.05) is 0 Å². The Hall–Kier alpha value is -0.830. The quantitative estimate of drug-likeness (QED) is 0.804. The standard InChI is InChI=1S/C11H18ClN3/c1-7(12)5-8(2)13-11-14-9(3)6-10(4)15-11/h6-8H,5H2,1-4H3,(H,13,14,15). The van der Waals surface area contributed by atoms with E-state index in [-0.39, 0.29) is 5.38 Å². The van der Waals surface area contributed by atoms with Gasteiger partial charge >= 0.3 is 0 Å². The van der Waals surface area contributed by atoms with E-state index in [0.717, 1.165) is 17.8 Å². The summed E-state index contributed by atoms with van der Waals surface area (Å²) in [5.41, 5.74) is 1.97. The predicted molar refractivity (Wildman–Crippen MR) is 64.5 cm³/mol. The highest BCUT2D eigenvalue weighted by Gasteiger charge is 2.07. The number of aryl methyl sites for hydroxylation is 2. The van der Waals surface area contributed by atoms with Crippen molar-refractivity contribution in [1.82, 2.24) is 9.97 Å². The van der Waals surface area contributed by atoms with Gasteiger partial charge in [-0.25, -0.2) is 9.97 Å². The monoisotopic (exact) mass is 227 g/mol. The Bertz CT molecular complexity index is 305. The van der Waals surface area contributed by atoms with Crippen LogP contribution in [0.4, 0.5) is 5.95 Å². The summed E-state index contributed by atoms with van der Waals surface area (Å²) in [6.45, 7) is 8.01. The molecule has 0 bridgehead atoms. The SMILES string of the molecule is Cc1cc(C)nc(NC(C)CC(C)Cl)n1. The van der Waals surface area contributed by atoms with Gasteiger partial charge in [0.05, 0.1) is 0 Å². The number of rotatable bonds is 4. The second kappa shape index (κ2) is 5.31. The fourth-order valence-electron chi connectivity index (χ4n) is 1.56. The van der Waals surface area contributed by atoms with Crippen LogP contribution in [0.15, 0.2) is 6.07 Å². The molecule has 0 aliphatic heterocycles. The molecular weight excluding hydrogens is 210 g/mol. The van der Waals surface area contributed by atoms with Crippen molar-refractivity contribution < 1.29 is 0 Å². The van der Waals surface area contributed by atoms with Crippen LogP contribution >= 0.6 is 11.6 Å². The minimum Gasteiger partial charge on any atom is -0.352 e. The van der Waals surface area contributed by atoms with E-state index < -0.39 is 0 Å². The summed E-state index contributed by atoms with van der Waals surface area (Å²) in [5.74, 6) is 0.692. The van der Waals surface area contributed by atoms with E-state index in [1.807, 2.05) is 26.8 Å². The van der Waals surface area contributed by atoms with Gasteiger partial charge in [0.2, 0.25) is 5.95 Å². The molecule has 1 aromatic rings. The largest absolute Gasteiger partial charge is 0.352 e. The first-order valence-corrected chi connectivity index (χ1v) is 5.64. The summed E-state index contributed by atoms with van der Waals surface area (Å²) in [6, 6.07) is 2.25. The average Bonchev–Trinajstić information content (AvgIpc) is 1.98. The molecule has 2 atom stereocenters. The highest BCUT2D eigenvalue weighted by Crippen LogP contribution is 2.10. The Labute approximate surface area is 96.3 Å². The van der Waals surface area contributed by atoms with Crippen molar-refractivity contribution in [2.75, 3.05) is 5.32 Å². The van der Waals surface area contributed by atoms with Crippen LogP contribution in [0, 0.1) is 13.8 Å². The van der Waals surface area contributed by atoms with E-state index >= 15 is 0 Å². The number of alkyl halides is 1. The zero-order chi connectivity index (χ0) is 11.4. The molecule has 84 valence electrons. The number of anilines is 1. The molecule has 0 aromatic carbocycles. The molecule has 0 aliphatic rings. The van der Waals surface area contributed by atoms with Gasteiger partial charge in [0.1, 0.15) is 0 Å². The van der Waals surface area contributed by atoms with Gasteiger partial charge in [0.15, 0.2) is 0 Å². The average molecular weight is 228 g/mol. The van der Waals surface area contributed by atoms with E-state index in [1.54, 1.807) is 0 Å². The van der Waals surface area contributed by atoms with Gasteiger partial charge in [-0.15, -0.1) is 11.6 Å². The molecule has 3 nitrogen and oxygen atoms in total. The summed E-state index contributed by atoms with van der Waals surface area (Å²) in [4.78, 5) is 8.63. The number of hydrogen-bond acceptors (Lipinski definition) is 3. The molecular formula is C11H18ClN3. The third-order valence-corrected chi connectivity index (χ3v) is 2.21. The first-order valence-electron chi connectivity index (χ1n) is 5.20. The maximum Gasteiger partial charge on any atom is 0.223 e. The minimum absolute atomic E-state index is 0.165. The molecule has 1 aromatic heterocycles. The molecule has 0 amide bonds. The van der Waals surface area contributed by atoms with Crippen molar-refractivity contribution in [3.8, 4) is 0 Å². The van der Waals surface area contributed by atoms with Gasteiger partial charge in [-0.05, 0) is 40.2 Å². The van der Waals surface area contributed by atoms with E-state index in [4.69, 9.17) is 11.6 Å². The first kappa shape index (κ1) is 12.2. The van der Waals surface area contributed by atoms with Crippen LogP contribution in [0.25, 0.3) is 0 Å². The van der Waals surface area contributed by atoms with Crippen molar-refractivity contribution >= 4 is 17.5 Å². The molecule has 1 heterocycles. The van der Waals surface area contributed by atoms with Crippen LogP contribution in [0.3, 0.4) is 0 Å². The van der Waals surface area contributed by atoms with Crippen molar-refractivity contribution in [2.24, 2.45) is 0 Å². The Kier molecular flexibility index (Phi) is 4.33. The second-order valence-electron chi connectivity index (χ2n) is 4.04. The van der Waals surface area contributed by atoms with Crippen LogP contribution < -0.4 is 5.32 Å². The molecule has 4 heteroatoms. The van der Waals surface area contributed by atoms with Gasteiger partial charge in [-0.2, -0.15) is 0 Å². The molecule has 1 rings (SSSR count). The number of halogens is 1. The van der Waals surface area contributed by atoms with Crippen LogP contribution in [0.1, 0.15) is 31.7 Å². The van der Waals surface area contributed by atoms with Crippen LogP contribution in [-0.4, -0.2) is 21.4 Å². The molecule has 0 saturated heterocycles. The number of aromatic nitrogens is 2. The molecule has 2 unspecified atom stereocenters. The summed E-state index contributed by atoms with van der Waals surface area (Å²) >= 11 is 5.92. The predicted octanol–water partition coefficient (Wildman–Crippen LogP) is 2.91. The highest BCUT2D eigenvalue weighted by atomic mass is 35.5. The van der Waals surface area contributed by atoms with Crippen molar-refractivity contribution in [2.45, 2.75) is 45.5 Å². The second-order valence-corrected chi connectivity index (χ2v) is 4.78.